The molecule has 14 heavy (non-hydrogen) atoms. The summed E-state index contributed by atoms with van der Waals surface area (Å²) in [6.45, 7) is 6.55. The molecule has 2 N–H and O–H groups in total. The van der Waals surface area contributed by atoms with Crippen molar-refractivity contribution in [3.8, 4) is 0 Å². The van der Waals surface area contributed by atoms with Crippen LogP contribution in [0.1, 0.15) is 31.4 Å². The third kappa shape index (κ3) is 2.85. The molecule has 2 atom stereocenters. The van der Waals surface area contributed by atoms with Crippen molar-refractivity contribution in [3.05, 3.63) is 35.4 Å². The van der Waals surface area contributed by atoms with Crippen LogP contribution >= 0.6 is 0 Å². The highest BCUT2D eigenvalue weighted by Gasteiger charge is 2.11. The van der Waals surface area contributed by atoms with Crippen molar-refractivity contribution in [1.82, 2.24) is 0 Å². The second-order valence-corrected chi connectivity index (χ2v) is 4.18. The van der Waals surface area contributed by atoms with Crippen molar-refractivity contribution in [2.75, 3.05) is 0 Å². The van der Waals surface area contributed by atoms with Gasteiger partial charge in [0.15, 0.2) is 0 Å². The fraction of sp³-hybridized carbons (Fsp3) is 0.538. The molecule has 1 rings (SSSR count). The molecule has 0 heterocycles. The number of hydrogen-bond acceptors (Lipinski definition) is 1. The van der Waals surface area contributed by atoms with E-state index in [1.54, 1.807) is 0 Å². The number of benzene rings is 1. The van der Waals surface area contributed by atoms with Crippen molar-refractivity contribution in [3.63, 3.8) is 0 Å². The smallest absolute Gasteiger partial charge is 0.00650 e. The highest BCUT2D eigenvalue weighted by atomic mass is 14.6. The van der Waals surface area contributed by atoms with Gasteiger partial charge in [0.2, 0.25) is 0 Å². The Bertz CT molecular complexity index is 280. The molecule has 78 valence electrons. The Hall–Kier alpha value is -0.820. The SMILES string of the molecule is CCC(N)C(C)Cc1ccccc1C. The highest BCUT2D eigenvalue weighted by Crippen LogP contribution is 2.15. The van der Waals surface area contributed by atoms with Gasteiger partial charge in [-0.25, -0.2) is 0 Å². The minimum atomic E-state index is 0.328. The average Bonchev–Trinajstić information content (AvgIpc) is 2.20. The van der Waals surface area contributed by atoms with Gasteiger partial charge in [-0.3, -0.25) is 0 Å². The fourth-order valence-corrected chi connectivity index (χ4v) is 1.74. The highest BCUT2D eigenvalue weighted by molar-refractivity contribution is 5.25. The second kappa shape index (κ2) is 5.16. The third-order valence-corrected chi connectivity index (χ3v) is 3.01. The zero-order valence-corrected chi connectivity index (χ0v) is 9.46. The Kier molecular flexibility index (Phi) is 4.15. The van der Waals surface area contributed by atoms with Gasteiger partial charge in [-0.15, -0.1) is 0 Å². The van der Waals surface area contributed by atoms with Crippen LogP contribution < -0.4 is 5.73 Å². The lowest BCUT2D eigenvalue weighted by Gasteiger charge is -2.19. The molecule has 0 aliphatic carbocycles. The fourth-order valence-electron chi connectivity index (χ4n) is 1.74. The molecule has 2 unspecified atom stereocenters. The summed E-state index contributed by atoms with van der Waals surface area (Å²) >= 11 is 0. The zero-order chi connectivity index (χ0) is 10.6. The van der Waals surface area contributed by atoms with Crippen LogP contribution in [0, 0.1) is 12.8 Å². The van der Waals surface area contributed by atoms with Crippen molar-refractivity contribution in [1.29, 1.82) is 0 Å². The van der Waals surface area contributed by atoms with Gasteiger partial charge in [-0.2, -0.15) is 0 Å². The van der Waals surface area contributed by atoms with E-state index < -0.39 is 0 Å². The second-order valence-electron chi connectivity index (χ2n) is 4.18. The first-order valence-electron chi connectivity index (χ1n) is 5.45. The topological polar surface area (TPSA) is 26.0 Å². The normalized spacial score (nSPS) is 15.1. The Morgan fingerprint density at radius 3 is 2.50 bits per heavy atom. The lowest BCUT2D eigenvalue weighted by atomic mass is 9.91. The minimum Gasteiger partial charge on any atom is -0.327 e. The van der Waals surface area contributed by atoms with E-state index in [9.17, 15) is 0 Å². The van der Waals surface area contributed by atoms with E-state index in [0.29, 0.717) is 12.0 Å². The molecule has 0 aliphatic heterocycles. The largest absolute Gasteiger partial charge is 0.327 e. The Morgan fingerprint density at radius 2 is 1.93 bits per heavy atom. The molecule has 0 fully saturated rings. The molecular weight excluding hydrogens is 170 g/mol. The molecule has 0 amide bonds. The Balaban J connectivity index is 2.64. The van der Waals surface area contributed by atoms with Crippen LogP contribution in [0.25, 0.3) is 0 Å². The standard InChI is InChI=1S/C13H21N/c1-4-13(14)11(3)9-12-8-6-5-7-10(12)2/h5-8,11,13H,4,9,14H2,1-3H3. The van der Waals surface area contributed by atoms with E-state index in [1.807, 2.05) is 0 Å². The summed E-state index contributed by atoms with van der Waals surface area (Å²) in [6.07, 6.45) is 2.16. The van der Waals surface area contributed by atoms with E-state index >= 15 is 0 Å². The average molecular weight is 191 g/mol. The van der Waals surface area contributed by atoms with Crippen LogP contribution in [0.5, 0.6) is 0 Å². The summed E-state index contributed by atoms with van der Waals surface area (Å²) in [7, 11) is 0. The molecule has 0 radical (unpaired) electrons. The molecule has 0 aromatic heterocycles. The third-order valence-electron chi connectivity index (χ3n) is 3.01. The molecule has 0 aliphatic rings. The van der Waals surface area contributed by atoms with Crippen LogP contribution in [0.4, 0.5) is 0 Å². The van der Waals surface area contributed by atoms with Gasteiger partial charge in [0.05, 0.1) is 0 Å². The number of nitrogens with two attached hydrogens (primary N) is 1. The van der Waals surface area contributed by atoms with Gasteiger partial charge in [-0.1, -0.05) is 38.1 Å². The van der Waals surface area contributed by atoms with Crippen molar-refractivity contribution in [2.24, 2.45) is 11.7 Å². The van der Waals surface area contributed by atoms with E-state index in [2.05, 4.69) is 45.0 Å². The molecule has 1 aromatic carbocycles. The number of rotatable bonds is 4. The first kappa shape index (κ1) is 11.3. The predicted molar refractivity (Wildman–Crippen MR) is 62.3 cm³/mol. The number of hydrogen-bond donors (Lipinski definition) is 1. The molecule has 1 nitrogen and oxygen atoms in total. The van der Waals surface area contributed by atoms with Gasteiger partial charge in [0.25, 0.3) is 0 Å². The maximum Gasteiger partial charge on any atom is 0.00650 e. The summed E-state index contributed by atoms with van der Waals surface area (Å²) < 4.78 is 0. The van der Waals surface area contributed by atoms with Gasteiger partial charge in [0, 0.05) is 6.04 Å². The summed E-state index contributed by atoms with van der Waals surface area (Å²) in [5.41, 5.74) is 8.83. The monoisotopic (exact) mass is 191 g/mol. The van der Waals surface area contributed by atoms with Gasteiger partial charge < -0.3 is 5.73 Å². The minimum absolute atomic E-state index is 0.328. The first-order chi connectivity index (χ1) is 6.65. The van der Waals surface area contributed by atoms with Gasteiger partial charge in [0.1, 0.15) is 0 Å². The maximum absolute atomic E-state index is 6.01. The summed E-state index contributed by atoms with van der Waals surface area (Å²) in [5.74, 6) is 0.570. The molecule has 0 saturated heterocycles. The Labute approximate surface area is 87.3 Å². The van der Waals surface area contributed by atoms with Crippen LogP contribution in [-0.2, 0) is 6.42 Å². The van der Waals surface area contributed by atoms with E-state index in [0.717, 1.165) is 12.8 Å². The summed E-state index contributed by atoms with van der Waals surface area (Å²) in [4.78, 5) is 0. The first-order valence-corrected chi connectivity index (χ1v) is 5.45. The quantitative estimate of drug-likeness (QED) is 0.778. The van der Waals surface area contributed by atoms with Gasteiger partial charge >= 0.3 is 0 Å². The molecule has 1 heteroatoms. The Morgan fingerprint density at radius 1 is 1.29 bits per heavy atom. The van der Waals surface area contributed by atoms with Crippen molar-refractivity contribution in [2.45, 2.75) is 39.7 Å². The molecular formula is C13H21N. The van der Waals surface area contributed by atoms with E-state index in [1.165, 1.54) is 11.1 Å². The lowest BCUT2D eigenvalue weighted by molar-refractivity contribution is 0.441. The lowest BCUT2D eigenvalue weighted by Crippen LogP contribution is -2.28. The summed E-state index contributed by atoms with van der Waals surface area (Å²) in [5, 5.41) is 0. The van der Waals surface area contributed by atoms with Crippen LogP contribution in [0.15, 0.2) is 24.3 Å². The summed E-state index contributed by atoms with van der Waals surface area (Å²) in [6, 6.07) is 8.89. The molecule has 0 bridgehead atoms. The zero-order valence-electron chi connectivity index (χ0n) is 9.46. The predicted octanol–water partition coefficient (Wildman–Crippen LogP) is 2.91. The van der Waals surface area contributed by atoms with Gasteiger partial charge in [-0.05, 0) is 36.8 Å². The van der Waals surface area contributed by atoms with E-state index in [4.69, 9.17) is 5.73 Å². The molecule has 0 spiro atoms. The van der Waals surface area contributed by atoms with Crippen molar-refractivity contribution < 1.29 is 0 Å². The number of aryl methyl sites for hydroxylation is 1. The molecule has 0 saturated carbocycles. The maximum atomic E-state index is 6.01. The van der Waals surface area contributed by atoms with E-state index in [-0.39, 0.29) is 0 Å². The van der Waals surface area contributed by atoms with Crippen molar-refractivity contribution >= 4 is 0 Å². The van der Waals surface area contributed by atoms with Crippen LogP contribution in [-0.4, -0.2) is 6.04 Å². The van der Waals surface area contributed by atoms with Crippen LogP contribution in [0.3, 0.4) is 0 Å². The van der Waals surface area contributed by atoms with Crippen LogP contribution in [0.2, 0.25) is 0 Å². The molecule has 1 aromatic rings.